The van der Waals surface area contributed by atoms with Gasteiger partial charge in [-0.05, 0) is 6.42 Å². The fourth-order valence-corrected chi connectivity index (χ4v) is 2.06. The van der Waals surface area contributed by atoms with Crippen LogP contribution in [0.2, 0.25) is 0 Å². The van der Waals surface area contributed by atoms with Gasteiger partial charge in [0.25, 0.3) is 11.7 Å². The van der Waals surface area contributed by atoms with Gasteiger partial charge in [0.2, 0.25) is 5.89 Å². The van der Waals surface area contributed by atoms with Gasteiger partial charge in [0.15, 0.2) is 0 Å². The molecule has 18 heavy (non-hydrogen) atoms. The first-order valence-corrected chi connectivity index (χ1v) is 6.20. The van der Waals surface area contributed by atoms with Gasteiger partial charge in [0.1, 0.15) is 0 Å². The van der Waals surface area contributed by atoms with Gasteiger partial charge in [-0.2, -0.15) is 4.98 Å². The van der Waals surface area contributed by atoms with E-state index in [1.807, 2.05) is 0 Å². The lowest BCUT2D eigenvalue weighted by atomic mass is 10.1. The van der Waals surface area contributed by atoms with E-state index < -0.39 is 0 Å². The van der Waals surface area contributed by atoms with Gasteiger partial charge in [-0.15, -0.1) is 0 Å². The highest BCUT2D eigenvalue weighted by molar-refractivity contribution is 5.89. The second-order valence-corrected chi connectivity index (χ2v) is 4.30. The van der Waals surface area contributed by atoms with Crippen molar-refractivity contribution in [2.75, 3.05) is 13.6 Å². The number of hydrogen-bond acceptors (Lipinski definition) is 5. The van der Waals surface area contributed by atoms with Crippen LogP contribution in [0.25, 0.3) is 0 Å². The minimum absolute atomic E-state index is 0.0895. The molecule has 0 spiro atoms. The number of aromatic nitrogens is 2. The Morgan fingerprint density at radius 3 is 3.22 bits per heavy atom. The molecule has 98 valence electrons. The molecule has 0 aromatic carbocycles. The molecule has 1 N–H and O–H groups in total. The molecule has 0 unspecified atom stereocenters. The molecule has 0 bridgehead atoms. The van der Waals surface area contributed by atoms with E-state index in [2.05, 4.69) is 39.4 Å². The van der Waals surface area contributed by atoms with Crippen LogP contribution in [0, 0.1) is 0 Å². The Kier molecular flexibility index (Phi) is 4.09. The minimum atomic E-state index is -0.324. The van der Waals surface area contributed by atoms with Crippen molar-refractivity contribution in [3.8, 4) is 0 Å². The Morgan fingerprint density at radius 1 is 1.67 bits per heavy atom. The zero-order valence-electron chi connectivity index (χ0n) is 10.7. The predicted molar refractivity (Wildman–Crippen MR) is 65.9 cm³/mol. The van der Waals surface area contributed by atoms with Gasteiger partial charge in [0, 0.05) is 19.6 Å². The maximum Gasteiger partial charge on any atom is 0.292 e. The zero-order valence-corrected chi connectivity index (χ0v) is 10.7. The number of nitrogens with one attached hydrogen (secondary N) is 1. The van der Waals surface area contributed by atoms with E-state index in [0.29, 0.717) is 18.5 Å². The topological polar surface area (TPSA) is 71.3 Å². The SMILES string of the molecule is CCC[C@@H]1C=CCN1Cc1nc(C(=O)NC)no1. The second-order valence-electron chi connectivity index (χ2n) is 4.30. The van der Waals surface area contributed by atoms with Crippen LogP contribution in [0.4, 0.5) is 0 Å². The Balaban J connectivity index is 1.97. The molecule has 0 saturated carbocycles. The average molecular weight is 250 g/mol. The highest BCUT2D eigenvalue weighted by Crippen LogP contribution is 2.17. The molecule has 0 fully saturated rings. The molecular formula is C12H18N4O2. The van der Waals surface area contributed by atoms with Crippen LogP contribution in [0.15, 0.2) is 16.7 Å². The molecule has 0 aliphatic carbocycles. The highest BCUT2D eigenvalue weighted by Gasteiger charge is 2.22. The van der Waals surface area contributed by atoms with Crippen LogP contribution >= 0.6 is 0 Å². The molecular weight excluding hydrogens is 232 g/mol. The third kappa shape index (κ3) is 2.76. The lowest BCUT2D eigenvalue weighted by molar-refractivity contribution is 0.0950. The molecule has 1 aliphatic heterocycles. The summed E-state index contributed by atoms with van der Waals surface area (Å²) in [4.78, 5) is 17.6. The molecule has 1 atom stereocenters. The fourth-order valence-electron chi connectivity index (χ4n) is 2.06. The van der Waals surface area contributed by atoms with E-state index in [1.54, 1.807) is 7.05 Å². The van der Waals surface area contributed by atoms with Gasteiger partial charge in [-0.25, -0.2) is 0 Å². The molecule has 0 saturated heterocycles. The van der Waals surface area contributed by atoms with Gasteiger partial charge in [-0.3, -0.25) is 9.69 Å². The third-order valence-corrected chi connectivity index (χ3v) is 2.99. The zero-order chi connectivity index (χ0) is 13.0. The van der Waals surface area contributed by atoms with E-state index in [0.717, 1.165) is 19.4 Å². The smallest absolute Gasteiger partial charge is 0.292 e. The first-order valence-electron chi connectivity index (χ1n) is 6.20. The van der Waals surface area contributed by atoms with Crippen molar-refractivity contribution < 1.29 is 9.32 Å². The Hall–Kier alpha value is -1.69. The van der Waals surface area contributed by atoms with E-state index in [-0.39, 0.29) is 11.7 Å². The van der Waals surface area contributed by atoms with Crippen molar-refractivity contribution in [1.82, 2.24) is 20.4 Å². The lowest BCUT2D eigenvalue weighted by Gasteiger charge is -2.21. The second kappa shape index (κ2) is 5.77. The van der Waals surface area contributed by atoms with Crippen molar-refractivity contribution >= 4 is 5.91 Å². The van der Waals surface area contributed by atoms with E-state index in [4.69, 9.17) is 4.52 Å². The molecule has 2 heterocycles. The quantitative estimate of drug-likeness (QED) is 0.788. The molecule has 0 radical (unpaired) electrons. The summed E-state index contributed by atoms with van der Waals surface area (Å²) in [5.41, 5.74) is 0. The van der Waals surface area contributed by atoms with E-state index >= 15 is 0 Å². The van der Waals surface area contributed by atoms with E-state index in [1.165, 1.54) is 0 Å². The van der Waals surface area contributed by atoms with E-state index in [9.17, 15) is 4.79 Å². The summed E-state index contributed by atoms with van der Waals surface area (Å²) in [5, 5.41) is 6.12. The number of amides is 1. The predicted octanol–water partition coefficient (Wildman–Crippen LogP) is 0.970. The van der Waals surface area contributed by atoms with Crippen molar-refractivity contribution in [1.29, 1.82) is 0 Å². The van der Waals surface area contributed by atoms with Crippen molar-refractivity contribution in [3.63, 3.8) is 0 Å². The summed E-state index contributed by atoms with van der Waals surface area (Å²) >= 11 is 0. The largest absolute Gasteiger partial charge is 0.352 e. The van der Waals surface area contributed by atoms with Gasteiger partial charge in [0.05, 0.1) is 6.54 Å². The summed E-state index contributed by atoms with van der Waals surface area (Å²) in [7, 11) is 1.54. The lowest BCUT2D eigenvalue weighted by Crippen LogP contribution is -2.29. The van der Waals surface area contributed by atoms with Gasteiger partial charge < -0.3 is 9.84 Å². The monoisotopic (exact) mass is 250 g/mol. The van der Waals surface area contributed by atoms with Crippen LogP contribution in [0.1, 0.15) is 36.3 Å². The number of rotatable bonds is 5. The van der Waals surface area contributed by atoms with Gasteiger partial charge >= 0.3 is 0 Å². The third-order valence-electron chi connectivity index (χ3n) is 2.99. The van der Waals surface area contributed by atoms with Crippen LogP contribution in [0.3, 0.4) is 0 Å². The highest BCUT2D eigenvalue weighted by atomic mass is 16.5. The maximum absolute atomic E-state index is 11.3. The normalized spacial score (nSPS) is 19.3. The molecule has 6 nitrogen and oxygen atoms in total. The number of carbonyl (C=O) groups is 1. The Morgan fingerprint density at radius 2 is 2.50 bits per heavy atom. The van der Waals surface area contributed by atoms with Crippen LogP contribution in [0.5, 0.6) is 0 Å². The summed E-state index contributed by atoms with van der Waals surface area (Å²) in [6.45, 7) is 3.64. The average Bonchev–Trinajstić information content (AvgIpc) is 3.00. The molecule has 1 amide bonds. The van der Waals surface area contributed by atoms with Crippen LogP contribution in [-0.2, 0) is 6.54 Å². The summed E-state index contributed by atoms with van der Waals surface area (Å²) < 4.78 is 5.08. The Bertz CT molecular complexity index is 441. The summed E-state index contributed by atoms with van der Waals surface area (Å²) in [5.74, 6) is 0.250. The summed E-state index contributed by atoms with van der Waals surface area (Å²) in [6.07, 6.45) is 6.61. The first-order chi connectivity index (χ1) is 8.74. The van der Waals surface area contributed by atoms with Crippen LogP contribution in [-0.4, -0.2) is 40.6 Å². The molecule has 1 aromatic rings. The molecule has 6 heteroatoms. The van der Waals surface area contributed by atoms with Crippen molar-refractivity contribution in [2.24, 2.45) is 0 Å². The van der Waals surface area contributed by atoms with Crippen molar-refractivity contribution in [2.45, 2.75) is 32.4 Å². The molecule has 2 rings (SSSR count). The standard InChI is InChI=1S/C12H18N4O2/c1-3-5-9-6-4-7-16(9)8-10-14-11(15-18-10)12(17)13-2/h4,6,9H,3,5,7-8H2,1-2H3,(H,13,17)/t9-/m1/s1. The molecule has 1 aromatic heterocycles. The molecule has 1 aliphatic rings. The number of hydrogen-bond donors (Lipinski definition) is 1. The van der Waals surface area contributed by atoms with Gasteiger partial charge in [-0.1, -0.05) is 30.7 Å². The maximum atomic E-state index is 11.3. The number of nitrogens with zero attached hydrogens (tertiary/aromatic N) is 3. The first kappa shape index (κ1) is 12.8. The Labute approximate surface area is 106 Å². The van der Waals surface area contributed by atoms with Crippen LogP contribution < -0.4 is 5.32 Å². The van der Waals surface area contributed by atoms with Crippen molar-refractivity contribution in [3.05, 3.63) is 23.9 Å². The fraction of sp³-hybridized carbons (Fsp3) is 0.583. The summed E-state index contributed by atoms with van der Waals surface area (Å²) in [6, 6.07) is 0.436. The minimum Gasteiger partial charge on any atom is -0.352 e. The number of carbonyl (C=O) groups excluding carboxylic acids is 1.